The molecule has 2 N–H and O–H groups in total. The van der Waals surface area contributed by atoms with Crippen molar-refractivity contribution < 1.29 is 14.9 Å². The van der Waals surface area contributed by atoms with Crippen LogP contribution in [0, 0.1) is 11.3 Å². The number of aliphatic hydroxyl groups excluding tert-OH is 1. The van der Waals surface area contributed by atoms with Gasteiger partial charge in [0.1, 0.15) is 0 Å². The number of hydrogen-bond donors (Lipinski definition) is 2. The summed E-state index contributed by atoms with van der Waals surface area (Å²) in [5.74, 6) is 0.244. The van der Waals surface area contributed by atoms with E-state index in [2.05, 4.69) is 0 Å². The third-order valence-corrected chi connectivity index (χ3v) is 1.88. The minimum atomic E-state index is -0.0778. The summed E-state index contributed by atoms with van der Waals surface area (Å²) in [6, 6.07) is 4.95. The molecule has 1 rings (SSSR count). The Labute approximate surface area is 82.0 Å². The van der Waals surface area contributed by atoms with Crippen LogP contribution in [0.2, 0.25) is 0 Å². The molecule has 0 radical (unpaired) electrons. The Morgan fingerprint density at radius 1 is 1.50 bits per heavy atom. The largest absolute Gasteiger partial charge is 0.504 e. The first-order valence-corrected chi connectivity index (χ1v) is 4.13. The van der Waals surface area contributed by atoms with Crippen LogP contribution in [0.25, 0.3) is 0 Å². The van der Waals surface area contributed by atoms with Gasteiger partial charge in [-0.1, -0.05) is 0 Å². The fraction of sp³-hybridized carbons (Fsp3) is 0.300. The van der Waals surface area contributed by atoms with Gasteiger partial charge in [-0.25, -0.2) is 0 Å². The summed E-state index contributed by atoms with van der Waals surface area (Å²) in [5.41, 5.74) is 0.923. The molecule has 0 saturated carbocycles. The molecule has 0 heterocycles. The standard InChI is InChI=1S/C10H11NO3/c1-14-9-5-7(6-11)4-8(2-3-12)10(9)13/h4-5,12-13H,2-3H2,1H3. The van der Waals surface area contributed by atoms with E-state index in [0.717, 1.165) is 0 Å². The molecule has 0 unspecified atom stereocenters. The Bertz CT molecular complexity index is 368. The van der Waals surface area contributed by atoms with E-state index in [9.17, 15) is 5.11 Å². The Morgan fingerprint density at radius 3 is 2.71 bits per heavy atom. The SMILES string of the molecule is COc1cc(C#N)cc(CCO)c1O. The zero-order valence-corrected chi connectivity index (χ0v) is 7.82. The van der Waals surface area contributed by atoms with Gasteiger partial charge >= 0.3 is 0 Å². The van der Waals surface area contributed by atoms with Crippen molar-refractivity contribution in [3.05, 3.63) is 23.3 Å². The lowest BCUT2D eigenvalue weighted by Crippen LogP contribution is -1.95. The summed E-state index contributed by atoms with van der Waals surface area (Å²) in [6.45, 7) is -0.0778. The maximum absolute atomic E-state index is 9.59. The van der Waals surface area contributed by atoms with Crippen molar-refractivity contribution in [2.45, 2.75) is 6.42 Å². The average molecular weight is 193 g/mol. The van der Waals surface area contributed by atoms with E-state index in [4.69, 9.17) is 15.1 Å². The molecule has 0 atom stereocenters. The second kappa shape index (κ2) is 4.49. The number of rotatable bonds is 3. The summed E-state index contributed by atoms with van der Waals surface area (Å²) in [7, 11) is 1.42. The molecule has 0 aromatic heterocycles. The topological polar surface area (TPSA) is 73.5 Å². The normalized spacial score (nSPS) is 9.50. The molecule has 0 bridgehead atoms. The highest BCUT2D eigenvalue weighted by Gasteiger charge is 2.09. The lowest BCUT2D eigenvalue weighted by molar-refractivity contribution is 0.296. The lowest BCUT2D eigenvalue weighted by Gasteiger charge is -2.08. The number of aliphatic hydroxyl groups is 1. The molecule has 4 nitrogen and oxygen atoms in total. The number of nitriles is 1. The monoisotopic (exact) mass is 193 g/mol. The van der Waals surface area contributed by atoms with Crippen molar-refractivity contribution in [3.63, 3.8) is 0 Å². The number of nitrogens with zero attached hydrogens (tertiary/aromatic N) is 1. The van der Waals surface area contributed by atoms with Crippen LogP contribution in [0.5, 0.6) is 11.5 Å². The molecule has 0 fully saturated rings. The van der Waals surface area contributed by atoms with Crippen LogP contribution in [0.15, 0.2) is 12.1 Å². The van der Waals surface area contributed by atoms with E-state index in [1.54, 1.807) is 0 Å². The predicted molar refractivity (Wildman–Crippen MR) is 50.2 cm³/mol. The first kappa shape index (κ1) is 10.4. The Kier molecular flexibility index (Phi) is 3.32. The quantitative estimate of drug-likeness (QED) is 0.744. The zero-order valence-electron chi connectivity index (χ0n) is 7.82. The minimum Gasteiger partial charge on any atom is -0.504 e. The third kappa shape index (κ3) is 1.95. The van der Waals surface area contributed by atoms with Gasteiger partial charge in [-0.15, -0.1) is 0 Å². The van der Waals surface area contributed by atoms with Gasteiger partial charge in [-0.05, 0) is 12.5 Å². The van der Waals surface area contributed by atoms with Gasteiger partial charge in [0.25, 0.3) is 0 Å². The third-order valence-electron chi connectivity index (χ3n) is 1.88. The minimum absolute atomic E-state index is 0.0134. The van der Waals surface area contributed by atoms with E-state index in [1.165, 1.54) is 19.2 Å². The van der Waals surface area contributed by atoms with Gasteiger partial charge in [0.2, 0.25) is 0 Å². The maximum atomic E-state index is 9.59. The van der Waals surface area contributed by atoms with Crippen LogP contribution in [0.1, 0.15) is 11.1 Å². The van der Waals surface area contributed by atoms with Crippen LogP contribution < -0.4 is 4.74 Å². The van der Waals surface area contributed by atoms with Crippen molar-refractivity contribution >= 4 is 0 Å². The van der Waals surface area contributed by atoms with Gasteiger partial charge < -0.3 is 14.9 Å². The summed E-state index contributed by atoms with van der Waals surface area (Å²) in [4.78, 5) is 0. The smallest absolute Gasteiger partial charge is 0.162 e. The molecule has 0 spiro atoms. The number of benzene rings is 1. The van der Waals surface area contributed by atoms with Gasteiger partial charge in [0, 0.05) is 18.2 Å². The Balaban J connectivity index is 3.21. The summed E-state index contributed by atoms with van der Waals surface area (Å²) in [6.07, 6.45) is 0.303. The molecule has 1 aromatic rings. The fourth-order valence-corrected chi connectivity index (χ4v) is 1.20. The number of hydrogen-bond acceptors (Lipinski definition) is 4. The Hall–Kier alpha value is -1.73. The molecule has 74 valence electrons. The molecular weight excluding hydrogens is 182 g/mol. The number of ether oxygens (including phenoxy) is 1. The van der Waals surface area contributed by atoms with Crippen molar-refractivity contribution in [2.75, 3.05) is 13.7 Å². The fourth-order valence-electron chi connectivity index (χ4n) is 1.20. The number of phenols is 1. The molecule has 0 aliphatic rings. The second-order valence-corrected chi connectivity index (χ2v) is 2.77. The maximum Gasteiger partial charge on any atom is 0.162 e. The van der Waals surface area contributed by atoms with Crippen LogP contribution in [-0.2, 0) is 6.42 Å². The molecule has 0 aliphatic heterocycles. The summed E-state index contributed by atoms with van der Waals surface area (Å²) >= 11 is 0. The van der Waals surface area contributed by atoms with Crippen molar-refractivity contribution in [1.29, 1.82) is 5.26 Å². The van der Waals surface area contributed by atoms with Crippen molar-refractivity contribution in [1.82, 2.24) is 0 Å². The van der Waals surface area contributed by atoms with E-state index >= 15 is 0 Å². The summed E-state index contributed by atoms with van der Waals surface area (Å²) < 4.78 is 4.89. The number of phenolic OH excluding ortho intramolecular Hbond substituents is 1. The Morgan fingerprint density at radius 2 is 2.21 bits per heavy atom. The zero-order chi connectivity index (χ0) is 10.6. The van der Waals surface area contributed by atoms with Gasteiger partial charge in [0.15, 0.2) is 11.5 Å². The average Bonchev–Trinajstić information content (AvgIpc) is 2.21. The first-order valence-electron chi connectivity index (χ1n) is 4.13. The molecule has 0 saturated heterocycles. The van der Waals surface area contributed by atoms with Crippen LogP contribution in [-0.4, -0.2) is 23.9 Å². The molecular formula is C10H11NO3. The van der Waals surface area contributed by atoms with Crippen LogP contribution >= 0.6 is 0 Å². The van der Waals surface area contributed by atoms with E-state index in [1.807, 2.05) is 6.07 Å². The number of aromatic hydroxyl groups is 1. The lowest BCUT2D eigenvalue weighted by atomic mass is 10.1. The molecule has 1 aromatic carbocycles. The highest BCUT2D eigenvalue weighted by atomic mass is 16.5. The van der Waals surface area contributed by atoms with Crippen molar-refractivity contribution in [3.8, 4) is 17.6 Å². The van der Waals surface area contributed by atoms with Crippen LogP contribution in [0.3, 0.4) is 0 Å². The second-order valence-electron chi connectivity index (χ2n) is 2.77. The molecule has 0 amide bonds. The van der Waals surface area contributed by atoms with E-state index < -0.39 is 0 Å². The first-order chi connectivity index (χ1) is 6.72. The van der Waals surface area contributed by atoms with Crippen LogP contribution in [0.4, 0.5) is 0 Å². The molecule has 4 heteroatoms. The highest BCUT2D eigenvalue weighted by molar-refractivity contribution is 5.51. The molecule has 14 heavy (non-hydrogen) atoms. The van der Waals surface area contributed by atoms with Gasteiger partial charge in [0.05, 0.1) is 18.7 Å². The predicted octanol–water partition coefficient (Wildman–Crippen LogP) is 0.807. The van der Waals surface area contributed by atoms with E-state index in [-0.39, 0.29) is 18.1 Å². The highest BCUT2D eigenvalue weighted by Crippen LogP contribution is 2.31. The number of methoxy groups -OCH3 is 1. The summed E-state index contributed by atoms with van der Waals surface area (Å²) in [5, 5.41) is 27.0. The van der Waals surface area contributed by atoms with Gasteiger partial charge in [-0.2, -0.15) is 5.26 Å². The van der Waals surface area contributed by atoms with E-state index in [0.29, 0.717) is 17.5 Å². The van der Waals surface area contributed by atoms with Crippen molar-refractivity contribution in [2.24, 2.45) is 0 Å². The molecule has 0 aliphatic carbocycles. The van der Waals surface area contributed by atoms with Gasteiger partial charge in [-0.3, -0.25) is 0 Å².